The van der Waals surface area contributed by atoms with Crippen molar-refractivity contribution >= 4 is 16.8 Å². The van der Waals surface area contributed by atoms with Gasteiger partial charge in [0.05, 0.1) is 6.61 Å². The average Bonchev–Trinajstić information content (AvgIpc) is 3.50. The first-order valence-corrected chi connectivity index (χ1v) is 10.6. The second kappa shape index (κ2) is 7.97. The second-order valence-corrected chi connectivity index (χ2v) is 8.24. The lowest BCUT2D eigenvalue weighted by atomic mass is 10.0. The van der Waals surface area contributed by atoms with Crippen molar-refractivity contribution in [2.45, 2.75) is 31.8 Å². The minimum absolute atomic E-state index is 0. The van der Waals surface area contributed by atoms with E-state index in [0.717, 1.165) is 48.2 Å². The smallest absolute Gasteiger partial charge is 0.245 e. The fraction of sp³-hybridized carbons (Fsp3) is 0.231. The Balaban J connectivity index is 0.00000204. The van der Waals surface area contributed by atoms with Crippen LogP contribution in [0.2, 0.25) is 0 Å². The first-order chi connectivity index (χ1) is 14.8. The van der Waals surface area contributed by atoms with Gasteiger partial charge in [0, 0.05) is 17.5 Å². The van der Waals surface area contributed by atoms with Crippen LogP contribution in [0.3, 0.4) is 0 Å². The number of aryl methyl sites for hydroxylation is 1. The van der Waals surface area contributed by atoms with Crippen LogP contribution in [-0.4, -0.2) is 17.0 Å². The van der Waals surface area contributed by atoms with Gasteiger partial charge in [-0.2, -0.15) is 0 Å². The van der Waals surface area contributed by atoms with Crippen molar-refractivity contribution in [3.05, 3.63) is 95.3 Å². The monoisotopic (exact) mass is 474 g/mol. The van der Waals surface area contributed by atoms with E-state index in [2.05, 4.69) is 45.8 Å². The molecule has 0 spiro atoms. The van der Waals surface area contributed by atoms with E-state index in [-0.39, 0.29) is 28.8 Å². The molecule has 4 nitrogen and oxygen atoms in total. The molecule has 2 aliphatic rings. The van der Waals surface area contributed by atoms with Gasteiger partial charge in [0.15, 0.2) is 17.6 Å². The first-order valence-electron chi connectivity index (χ1n) is 10.6. The molecule has 0 amide bonds. The van der Waals surface area contributed by atoms with Gasteiger partial charge in [-0.15, -0.1) is 0 Å². The number of Topliss-reactive ketones (excluding diaryl/α,β-unsaturated/α-hetero) is 1. The van der Waals surface area contributed by atoms with Crippen molar-refractivity contribution in [1.82, 2.24) is 4.57 Å². The third-order valence-corrected chi connectivity index (χ3v) is 6.48. The number of aromatic nitrogens is 2. The summed E-state index contributed by atoms with van der Waals surface area (Å²) in [7, 11) is 0. The van der Waals surface area contributed by atoms with Gasteiger partial charge in [-0.1, -0.05) is 48.5 Å². The molecule has 1 unspecified atom stereocenters. The topological polar surface area (TPSA) is 35.1 Å². The molecule has 31 heavy (non-hydrogen) atoms. The van der Waals surface area contributed by atoms with Crippen molar-refractivity contribution in [3.63, 3.8) is 0 Å². The Kier molecular flexibility index (Phi) is 5.14. The van der Waals surface area contributed by atoms with E-state index in [4.69, 9.17) is 4.74 Å². The Bertz CT molecular complexity index is 1280. The molecule has 5 heteroatoms. The molecular weight excluding hydrogens is 452 g/mol. The lowest BCUT2D eigenvalue weighted by Crippen LogP contribution is -3.00. The third kappa shape index (κ3) is 3.37. The van der Waals surface area contributed by atoms with Gasteiger partial charge in [-0.05, 0) is 42.2 Å². The molecule has 1 aliphatic carbocycles. The predicted octanol–water partition coefficient (Wildman–Crippen LogP) is 1.29. The molecule has 1 atom stereocenters. The second-order valence-electron chi connectivity index (χ2n) is 8.24. The van der Waals surface area contributed by atoms with E-state index in [1.807, 2.05) is 36.4 Å². The van der Waals surface area contributed by atoms with Crippen LogP contribution in [0.4, 0.5) is 0 Å². The lowest BCUT2D eigenvalue weighted by Gasteiger charge is -2.10. The molecule has 0 radical (unpaired) electrons. The summed E-state index contributed by atoms with van der Waals surface area (Å²) in [5, 5.41) is 0. The van der Waals surface area contributed by atoms with Crippen LogP contribution in [0, 0.1) is 0 Å². The van der Waals surface area contributed by atoms with E-state index >= 15 is 0 Å². The predicted molar refractivity (Wildman–Crippen MR) is 115 cm³/mol. The van der Waals surface area contributed by atoms with Crippen LogP contribution in [0.15, 0.2) is 73.1 Å². The average molecular weight is 475 g/mol. The number of ketones is 1. The quantitative estimate of drug-likeness (QED) is 0.330. The molecule has 6 rings (SSSR count). The van der Waals surface area contributed by atoms with Gasteiger partial charge in [0.2, 0.25) is 12.1 Å². The molecule has 3 aromatic carbocycles. The number of carbonyl (C=O) groups excluding carboxylic acids is 1. The highest BCUT2D eigenvalue weighted by atomic mass is 79.9. The van der Waals surface area contributed by atoms with Crippen molar-refractivity contribution < 1.29 is 31.1 Å². The SMILES string of the molecule is O=C(C[n+]1cn(C2CCc3cc4c(cc32)OCC4)c2ccccc21)c1ccccc1.[Br-]. The van der Waals surface area contributed by atoms with Crippen LogP contribution in [0.5, 0.6) is 5.75 Å². The molecule has 0 saturated carbocycles. The molecule has 1 aromatic heterocycles. The van der Waals surface area contributed by atoms with Gasteiger partial charge < -0.3 is 21.7 Å². The van der Waals surface area contributed by atoms with Crippen molar-refractivity contribution in [2.75, 3.05) is 6.61 Å². The molecule has 0 N–H and O–H groups in total. The zero-order valence-electron chi connectivity index (χ0n) is 17.1. The van der Waals surface area contributed by atoms with E-state index in [0.29, 0.717) is 6.54 Å². The first kappa shape index (κ1) is 20.0. The highest BCUT2D eigenvalue weighted by molar-refractivity contribution is 5.95. The summed E-state index contributed by atoms with van der Waals surface area (Å²) >= 11 is 0. The minimum atomic E-state index is 0. The van der Waals surface area contributed by atoms with Crippen LogP contribution in [0.1, 0.15) is 39.5 Å². The maximum Gasteiger partial charge on any atom is 0.245 e. The Morgan fingerprint density at radius 3 is 2.68 bits per heavy atom. The number of hydrogen-bond acceptors (Lipinski definition) is 2. The van der Waals surface area contributed by atoms with Crippen molar-refractivity contribution in [1.29, 1.82) is 0 Å². The number of carbonyl (C=O) groups is 1. The summed E-state index contributed by atoms with van der Waals surface area (Å²) in [4.78, 5) is 12.9. The maximum absolute atomic E-state index is 12.9. The Morgan fingerprint density at radius 1 is 1.00 bits per heavy atom. The van der Waals surface area contributed by atoms with Crippen molar-refractivity contribution in [3.8, 4) is 5.75 Å². The summed E-state index contributed by atoms with van der Waals surface area (Å²) in [6.45, 7) is 1.13. The number of hydrogen-bond donors (Lipinski definition) is 0. The summed E-state index contributed by atoms with van der Waals surface area (Å²) in [6, 6.07) is 22.8. The van der Waals surface area contributed by atoms with Gasteiger partial charge in [0.25, 0.3) is 0 Å². The fourth-order valence-corrected chi connectivity index (χ4v) is 5.00. The van der Waals surface area contributed by atoms with Crippen LogP contribution >= 0.6 is 0 Å². The van der Waals surface area contributed by atoms with Gasteiger partial charge in [0.1, 0.15) is 11.8 Å². The Morgan fingerprint density at radius 2 is 1.81 bits per heavy atom. The van der Waals surface area contributed by atoms with Crippen LogP contribution in [0.25, 0.3) is 11.0 Å². The highest BCUT2D eigenvalue weighted by Crippen LogP contribution is 2.40. The molecule has 1 aliphatic heterocycles. The molecule has 2 heterocycles. The van der Waals surface area contributed by atoms with Crippen molar-refractivity contribution in [2.24, 2.45) is 0 Å². The number of fused-ring (bicyclic) bond motifs is 3. The fourth-order valence-electron chi connectivity index (χ4n) is 5.00. The zero-order chi connectivity index (χ0) is 20.1. The molecule has 0 bridgehead atoms. The van der Waals surface area contributed by atoms with E-state index < -0.39 is 0 Å². The number of benzene rings is 3. The highest BCUT2D eigenvalue weighted by Gasteiger charge is 2.33. The van der Waals surface area contributed by atoms with E-state index in [1.54, 1.807) is 0 Å². The number of nitrogens with zero attached hydrogens (tertiary/aromatic N) is 2. The number of imidazole rings is 1. The lowest BCUT2D eigenvalue weighted by molar-refractivity contribution is -0.658. The Labute approximate surface area is 191 Å². The third-order valence-electron chi connectivity index (χ3n) is 6.48. The van der Waals surface area contributed by atoms with Gasteiger partial charge >= 0.3 is 0 Å². The number of rotatable bonds is 4. The van der Waals surface area contributed by atoms with E-state index in [9.17, 15) is 4.79 Å². The zero-order valence-corrected chi connectivity index (χ0v) is 18.7. The summed E-state index contributed by atoms with van der Waals surface area (Å²) in [5.74, 6) is 1.17. The minimum Gasteiger partial charge on any atom is -1.00 e. The Hall–Kier alpha value is -2.92. The van der Waals surface area contributed by atoms with Gasteiger partial charge in [-0.25, -0.2) is 9.13 Å². The summed E-state index contributed by atoms with van der Waals surface area (Å²) in [5.41, 5.74) is 7.15. The molecule has 0 fully saturated rings. The largest absolute Gasteiger partial charge is 1.00 e. The standard InChI is InChI=1S/C26H23N2O2.BrH/c29-25(18-6-2-1-3-7-18)16-27-17-28(24-9-5-4-8-23(24)27)22-11-10-19-14-20-12-13-30-26(20)15-21(19)22;/h1-9,14-15,17,22H,10-13,16H2;1H/q+1;/p-1. The van der Waals surface area contributed by atoms with E-state index in [1.165, 1.54) is 16.7 Å². The molecular formula is C26H23BrN2O2. The summed E-state index contributed by atoms with van der Waals surface area (Å²) < 4.78 is 10.3. The molecule has 0 saturated heterocycles. The number of para-hydroxylation sites is 2. The molecule has 156 valence electrons. The van der Waals surface area contributed by atoms with Gasteiger partial charge in [-0.3, -0.25) is 4.79 Å². The maximum atomic E-state index is 12.9. The normalized spacial score (nSPS) is 16.5. The molecule has 4 aromatic rings. The van der Waals surface area contributed by atoms with Crippen LogP contribution in [-0.2, 0) is 19.4 Å². The van der Waals surface area contributed by atoms with Crippen LogP contribution < -0.4 is 26.3 Å². The number of halogens is 1. The number of ether oxygens (including phenoxy) is 1. The summed E-state index contributed by atoms with van der Waals surface area (Å²) in [6.07, 6.45) is 5.30.